The summed E-state index contributed by atoms with van der Waals surface area (Å²) in [5.41, 5.74) is 12.2. The second-order valence-corrected chi connectivity index (χ2v) is 25.7. The lowest BCUT2D eigenvalue weighted by atomic mass is 10.1. The molecule has 20 nitrogen and oxygen atoms in total. The molecule has 0 bridgehead atoms. The first-order valence-corrected chi connectivity index (χ1v) is 33.5. The number of aromatic amines is 1. The van der Waals surface area contributed by atoms with E-state index in [1.54, 1.807) is 4.68 Å². The lowest BCUT2D eigenvalue weighted by Crippen LogP contribution is -2.45. The Kier molecular flexibility index (Phi) is 18.7. The van der Waals surface area contributed by atoms with Crippen LogP contribution in [0.15, 0.2) is 144 Å². The summed E-state index contributed by atoms with van der Waals surface area (Å²) in [6, 6.07) is 43.9. The first kappa shape index (κ1) is 62.7. The molecule has 3 fully saturated rings. The molecule has 3 aliphatic heterocycles. The number of amides is 1. The number of fused-ring (bicyclic) bond motifs is 4. The van der Waals surface area contributed by atoms with Gasteiger partial charge in [-0.25, -0.2) is 14.0 Å². The Morgan fingerprint density at radius 1 is 0.489 bits per heavy atom. The first-order chi connectivity index (χ1) is 46.0. The van der Waals surface area contributed by atoms with Crippen LogP contribution in [-0.4, -0.2) is 188 Å². The molecular weight excluding hydrogens is 1240 g/mol. The van der Waals surface area contributed by atoms with Crippen molar-refractivity contribution in [1.82, 2.24) is 89.4 Å². The number of furan rings is 1. The molecule has 23 heteroatoms. The zero-order chi connectivity index (χ0) is 64.2. The average Bonchev–Trinajstić information content (AvgIpc) is 1.03. The highest BCUT2D eigenvalue weighted by Gasteiger charge is 2.29. The highest BCUT2D eigenvalue weighted by atomic mass is 35.5. The van der Waals surface area contributed by atoms with Gasteiger partial charge in [-0.15, -0.1) is 30.6 Å². The van der Waals surface area contributed by atoms with E-state index in [0.717, 1.165) is 190 Å². The van der Waals surface area contributed by atoms with E-state index in [9.17, 15) is 4.79 Å². The molecule has 8 aromatic heterocycles. The van der Waals surface area contributed by atoms with Gasteiger partial charge in [0.05, 0.1) is 55.7 Å². The van der Waals surface area contributed by atoms with Crippen LogP contribution >= 0.6 is 34.8 Å². The second kappa shape index (κ2) is 28.1. The van der Waals surface area contributed by atoms with Crippen molar-refractivity contribution in [1.29, 1.82) is 0 Å². The number of likely N-dealkylation sites (tertiary alicyclic amines) is 1. The zero-order valence-electron chi connectivity index (χ0n) is 53.0. The molecule has 1 amide bonds. The summed E-state index contributed by atoms with van der Waals surface area (Å²) in [6.45, 7) is 15.6. The number of aromatic nitrogens is 13. The Labute approximate surface area is 559 Å². The van der Waals surface area contributed by atoms with Gasteiger partial charge in [0, 0.05) is 106 Å². The Morgan fingerprint density at radius 3 is 1.45 bits per heavy atom. The molecule has 11 heterocycles. The van der Waals surface area contributed by atoms with Gasteiger partial charge in [-0.1, -0.05) is 150 Å². The van der Waals surface area contributed by atoms with E-state index < -0.39 is 0 Å². The number of rotatable bonds is 14. The van der Waals surface area contributed by atoms with Gasteiger partial charge in [0.1, 0.15) is 40.8 Å². The Hall–Kier alpha value is -8.73. The molecule has 3 saturated heterocycles. The van der Waals surface area contributed by atoms with E-state index in [1.807, 2.05) is 136 Å². The molecule has 0 unspecified atom stereocenters. The van der Waals surface area contributed by atoms with E-state index in [2.05, 4.69) is 93.5 Å². The SMILES string of the molecule is CN1CCN(CCn2nc(-c3cc4ccccc4[nH]3)c3c(Cl)c(-c4ccccc4)nnc32)CC1.Cc1ccc(-c2nn(CCN3CCN(C)CC3)c3nnc(-c4ccccc4)c(Cl)c23)o1.O=C(Cn1nc(C2=CCCC2)c2c(Cl)c(-c3ccccc3)nnc21)N1CCCC1. The molecule has 0 atom stereocenters. The van der Waals surface area contributed by atoms with Crippen molar-refractivity contribution in [2.24, 2.45) is 0 Å². The van der Waals surface area contributed by atoms with Crippen LogP contribution < -0.4 is 0 Å². The fourth-order valence-corrected chi connectivity index (χ4v) is 13.8. The highest BCUT2D eigenvalue weighted by Crippen LogP contribution is 2.42. The molecule has 1 aliphatic carbocycles. The normalized spacial score (nSPS) is 15.9. The maximum absolute atomic E-state index is 12.7. The highest BCUT2D eigenvalue weighted by molar-refractivity contribution is 6.39. The smallest absolute Gasteiger partial charge is 0.244 e. The summed E-state index contributed by atoms with van der Waals surface area (Å²) in [6.07, 6.45) is 7.46. The minimum Gasteiger partial charge on any atom is -0.460 e. The van der Waals surface area contributed by atoms with Gasteiger partial charge in [0.2, 0.25) is 5.91 Å². The minimum absolute atomic E-state index is 0.0731. The van der Waals surface area contributed by atoms with Gasteiger partial charge in [0.15, 0.2) is 22.7 Å². The third-order valence-corrected chi connectivity index (χ3v) is 19.3. The molecule has 1 N–H and O–H groups in total. The zero-order valence-corrected chi connectivity index (χ0v) is 55.2. The van der Waals surface area contributed by atoms with Crippen LogP contribution in [0.3, 0.4) is 0 Å². The Morgan fingerprint density at radius 2 is 0.957 bits per heavy atom. The second-order valence-electron chi connectivity index (χ2n) is 24.6. The van der Waals surface area contributed by atoms with Crippen molar-refractivity contribution in [3.63, 3.8) is 0 Å². The van der Waals surface area contributed by atoms with Crippen molar-refractivity contribution in [2.45, 2.75) is 58.7 Å². The summed E-state index contributed by atoms with van der Waals surface area (Å²) in [5, 5.41) is 46.9. The van der Waals surface area contributed by atoms with Crippen LogP contribution in [0.25, 0.3) is 106 Å². The predicted octanol–water partition coefficient (Wildman–Crippen LogP) is 12.8. The van der Waals surface area contributed by atoms with Crippen LogP contribution in [0, 0.1) is 6.92 Å². The average molecular weight is 1320 g/mol. The lowest BCUT2D eigenvalue weighted by molar-refractivity contribution is -0.130. The summed E-state index contributed by atoms with van der Waals surface area (Å²) >= 11 is 20.8. The van der Waals surface area contributed by atoms with E-state index in [1.165, 1.54) is 5.57 Å². The number of H-pyrrole nitrogens is 1. The Bertz CT molecular complexity index is 4640. The number of likely N-dealkylation sites (N-methyl/N-ethyl adjacent to an activating group) is 2. The molecule has 12 aromatic rings. The number of aryl methyl sites for hydroxylation is 1. The van der Waals surface area contributed by atoms with E-state index in [4.69, 9.17) is 54.5 Å². The fraction of sp³-hybridized carbons (Fsp3) is 0.324. The van der Waals surface area contributed by atoms with E-state index >= 15 is 0 Å². The Balaban J connectivity index is 0.000000122. The molecule has 16 rings (SSSR count). The van der Waals surface area contributed by atoms with Gasteiger partial charge in [-0.05, 0) is 83.0 Å². The maximum atomic E-state index is 12.7. The molecule has 0 radical (unpaired) electrons. The molecule has 4 aromatic carbocycles. The number of para-hydroxylation sites is 1. The molecule has 0 spiro atoms. The quantitative estimate of drug-likeness (QED) is 0.108. The minimum atomic E-state index is 0.0731. The van der Waals surface area contributed by atoms with Gasteiger partial charge >= 0.3 is 0 Å². The third-order valence-electron chi connectivity index (χ3n) is 18.2. The summed E-state index contributed by atoms with van der Waals surface area (Å²) in [7, 11) is 4.34. The lowest BCUT2D eigenvalue weighted by Gasteiger charge is -2.32. The van der Waals surface area contributed by atoms with Crippen molar-refractivity contribution in [3.05, 3.63) is 166 Å². The number of benzene rings is 4. The molecular formula is C71H73Cl3N18O2. The maximum Gasteiger partial charge on any atom is 0.244 e. The summed E-state index contributed by atoms with van der Waals surface area (Å²) in [5.74, 6) is 1.59. The number of hydrogen-bond acceptors (Lipinski definition) is 15. The fourth-order valence-electron chi connectivity index (χ4n) is 12.9. The monoisotopic (exact) mass is 1310 g/mol. The predicted molar refractivity (Wildman–Crippen MR) is 373 cm³/mol. The van der Waals surface area contributed by atoms with Crippen molar-refractivity contribution in [2.75, 3.05) is 92.6 Å². The topological polar surface area (TPSA) is 193 Å². The van der Waals surface area contributed by atoms with Gasteiger partial charge in [-0.2, -0.15) is 15.3 Å². The van der Waals surface area contributed by atoms with E-state index in [-0.39, 0.29) is 12.5 Å². The van der Waals surface area contributed by atoms with Crippen LogP contribution in [-0.2, 0) is 24.4 Å². The third kappa shape index (κ3) is 13.2. The number of carbonyl (C=O) groups is 1. The van der Waals surface area contributed by atoms with Crippen molar-refractivity contribution < 1.29 is 9.21 Å². The van der Waals surface area contributed by atoms with Gasteiger partial charge in [-0.3, -0.25) is 14.6 Å². The van der Waals surface area contributed by atoms with Crippen molar-refractivity contribution in [3.8, 4) is 56.6 Å². The molecule has 480 valence electrons. The number of piperazine rings is 2. The number of carbonyl (C=O) groups excluding carboxylic acids is 1. The number of nitrogens with zero attached hydrogens (tertiary/aromatic N) is 17. The number of halogens is 3. The van der Waals surface area contributed by atoms with Crippen LogP contribution in [0.1, 0.15) is 43.6 Å². The first-order valence-electron chi connectivity index (χ1n) is 32.4. The summed E-state index contributed by atoms with van der Waals surface area (Å²) in [4.78, 5) is 27.8. The molecule has 0 saturated carbocycles. The number of hydrogen-bond donors (Lipinski definition) is 1. The van der Waals surface area contributed by atoms with Crippen LogP contribution in [0.2, 0.25) is 15.1 Å². The van der Waals surface area contributed by atoms with Gasteiger partial charge < -0.3 is 24.1 Å². The van der Waals surface area contributed by atoms with Gasteiger partial charge in [0.25, 0.3) is 0 Å². The largest absolute Gasteiger partial charge is 0.460 e. The molecule has 94 heavy (non-hydrogen) atoms. The van der Waals surface area contributed by atoms with Crippen molar-refractivity contribution >= 4 is 90.3 Å². The molecule has 4 aliphatic rings. The summed E-state index contributed by atoms with van der Waals surface area (Å²) < 4.78 is 11.4. The van der Waals surface area contributed by atoms with E-state index in [0.29, 0.717) is 60.5 Å². The number of allylic oxidation sites excluding steroid dienone is 2. The standard InChI is InChI=1S/C26H26ClN7.C23H25ClN6O.C22H22ClN5O/c1-32-11-13-33(14-12-32)15-16-34-26-22(23(27)24(29-30-26)18-7-3-2-4-8-18)25(31-34)21-17-19-9-5-6-10-20(19)28-21;1-16-8-9-18(31-16)22-19-20(24)21(17-6-4-3-5-7-17)25-26-23(19)30(27-22)15-14-29-12-10-28(2)11-13-29;23-19-18-20(15-10-4-5-11-15)26-28(14-17(29)27-12-6-7-13-27)22(18)25-24-21(19)16-8-2-1-3-9-16/h2-10,17,28H,11-16H2,1H3;3-9H,10-15H2,1-2H3;1-3,8-10H,4-7,11-14H2. The van der Waals surface area contributed by atoms with Crippen LogP contribution in [0.5, 0.6) is 0 Å². The van der Waals surface area contributed by atoms with Crippen LogP contribution in [0.4, 0.5) is 0 Å². The number of nitrogens with one attached hydrogen (secondary N) is 1.